The monoisotopic (exact) mass is 644 g/mol. The van der Waals surface area contributed by atoms with E-state index in [2.05, 4.69) is 21.3 Å². The topological polar surface area (TPSA) is 206 Å². The van der Waals surface area contributed by atoms with Gasteiger partial charge in [-0.05, 0) is 41.2 Å². The van der Waals surface area contributed by atoms with E-state index in [9.17, 15) is 29.1 Å². The first-order valence-corrected chi connectivity index (χ1v) is 15.5. The highest BCUT2D eigenvalue weighted by Gasteiger charge is 2.31. The van der Waals surface area contributed by atoms with Gasteiger partial charge in [0.1, 0.15) is 29.9 Å². The number of primary amides is 1. The number of phenols is 1. The average molecular weight is 645 g/mol. The molecule has 0 aliphatic carbocycles. The molecule has 12 heteroatoms. The summed E-state index contributed by atoms with van der Waals surface area (Å²) in [7, 11) is 0. The molecule has 4 unspecified atom stereocenters. The number of hydrogen-bond acceptors (Lipinski definition) is 7. The zero-order chi connectivity index (χ0) is 34.3. The number of phenolic OH excluding ortho intramolecular Hbond substituents is 1. The summed E-state index contributed by atoms with van der Waals surface area (Å²) in [6.45, 7) is 3.49. The molecule has 0 heterocycles. The Balaban J connectivity index is 1.89. The Bertz CT molecular complexity index is 1480. The standard InChI is InChI=1S/C35H44N6O6/c1-22(2)17-28(38-31(43)21-36)33(45)40-29(19-24-11-7-4-8-12-24)35(47)41-30(20-25-13-15-26(42)16-14-25)34(46)39-27(32(37)44)18-23-9-5-3-6-10-23/h3-16,22,27-30,42H,17-21,36H2,1-2H3,(H2,37,44)(H,38,43)(H,39,46)(H,40,45)(H,41,47). The normalized spacial score (nSPS) is 13.4. The molecule has 0 aliphatic rings. The number of carbonyl (C=O) groups is 5. The SMILES string of the molecule is CC(C)CC(NC(=O)CN)C(=O)NC(Cc1ccccc1)C(=O)NC(Cc1ccc(O)cc1)C(=O)NC(Cc1ccccc1)C(N)=O. The van der Waals surface area contributed by atoms with Gasteiger partial charge < -0.3 is 37.8 Å². The van der Waals surface area contributed by atoms with Gasteiger partial charge in [-0.2, -0.15) is 0 Å². The quantitative estimate of drug-likeness (QED) is 0.113. The van der Waals surface area contributed by atoms with Crippen molar-refractivity contribution >= 4 is 29.5 Å². The highest BCUT2D eigenvalue weighted by molar-refractivity contribution is 5.95. The fourth-order valence-corrected chi connectivity index (χ4v) is 4.98. The van der Waals surface area contributed by atoms with Crippen LogP contribution in [-0.4, -0.2) is 65.4 Å². The maximum atomic E-state index is 13.9. The second-order valence-electron chi connectivity index (χ2n) is 11.8. The number of benzene rings is 3. The third-order valence-electron chi connectivity index (χ3n) is 7.41. The number of nitrogens with one attached hydrogen (secondary N) is 4. The Morgan fingerprint density at radius 2 is 1.00 bits per heavy atom. The van der Waals surface area contributed by atoms with Crippen molar-refractivity contribution in [1.82, 2.24) is 21.3 Å². The van der Waals surface area contributed by atoms with E-state index in [-0.39, 0.29) is 37.5 Å². The molecule has 0 saturated heterocycles. The molecule has 250 valence electrons. The summed E-state index contributed by atoms with van der Waals surface area (Å²) in [6, 6.07) is 19.8. The zero-order valence-corrected chi connectivity index (χ0v) is 26.6. The van der Waals surface area contributed by atoms with E-state index in [0.29, 0.717) is 12.0 Å². The second-order valence-corrected chi connectivity index (χ2v) is 11.8. The van der Waals surface area contributed by atoms with Crippen LogP contribution in [0.25, 0.3) is 0 Å². The van der Waals surface area contributed by atoms with Crippen molar-refractivity contribution in [1.29, 1.82) is 0 Å². The minimum atomic E-state index is -1.19. The van der Waals surface area contributed by atoms with Crippen molar-refractivity contribution in [3.8, 4) is 5.75 Å². The third-order valence-corrected chi connectivity index (χ3v) is 7.41. The van der Waals surface area contributed by atoms with Gasteiger partial charge in [-0.3, -0.25) is 24.0 Å². The molecule has 0 saturated carbocycles. The third kappa shape index (κ3) is 12.2. The first-order valence-electron chi connectivity index (χ1n) is 15.5. The predicted octanol–water partition coefficient (Wildman–Crippen LogP) is 0.849. The highest BCUT2D eigenvalue weighted by Crippen LogP contribution is 2.13. The minimum Gasteiger partial charge on any atom is -0.508 e. The Kier molecular flexibility index (Phi) is 13.9. The largest absolute Gasteiger partial charge is 0.508 e. The van der Waals surface area contributed by atoms with Crippen molar-refractivity contribution < 1.29 is 29.1 Å². The summed E-state index contributed by atoms with van der Waals surface area (Å²) in [5, 5.41) is 20.6. The number of aromatic hydroxyl groups is 1. The molecule has 3 rings (SSSR count). The molecule has 0 radical (unpaired) electrons. The Morgan fingerprint density at radius 3 is 1.43 bits per heavy atom. The van der Waals surface area contributed by atoms with E-state index >= 15 is 0 Å². The van der Waals surface area contributed by atoms with Gasteiger partial charge in [0, 0.05) is 19.3 Å². The molecule has 5 amide bonds. The van der Waals surface area contributed by atoms with Crippen LogP contribution in [0.4, 0.5) is 0 Å². The van der Waals surface area contributed by atoms with Crippen molar-refractivity contribution in [3.05, 3.63) is 102 Å². The molecule has 12 nitrogen and oxygen atoms in total. The van der Waals surface area contributed by atoms with Gasteiger partial charge in [0.25, 0.3) is 0 Å². The molecule has 3 aromatic carbocycles. The van der Waals surface area contributed by atoms with Gasteiger partial charge in [-0.25, -0.2) is 0 Å². The van der Waals surface area contributed by atoms with Crippen LogP contribution < -0.4 is 32.7 Å². The molecule has 47 heavy (non-hydrogen) atoms. The Labute approximate surface area is 274 Å². The smallest absolute Gasteiger partial charge is 0.243 e. The summed E-state index contributed by atoms with van der Waals surface area (Å²) >= 11 is 0. The van der Waals surface area contributed by atoms with E-state index < -0.39 is 53.7 Å². The molecule has 4 atom stereocenters. The van der Waals surface area contributed by atoms with Crippen LogP contribution >= 0.6 is 0 Å². The number of hydrogen-bond donors (Lipinski definition) is 7. The van der Waals surface area contributed by atoms with Crippen molar-refractivity contribution in [2.75, 3.05) is 6.54 Å². The molecule has 0 spiro atoms. The van der Waals surface area contributed by atoms with Crippen LogP contribution in [0.1, 0.15) is 37.0 Å². The van der Waals surface area contributed by atoms with Gasteiger partial charge in [-0.1, -0.05) is 86.6 Å². The van der Waals surface area contributed by atoms with Crippen LogP contribution in [0, 0.1) is 5.92 Å². The molecule has 0 aromatic heterocycles. The van der Waals surface area contributed by atoms with E-state index in [1.54, 1.807) is 60.7 Å². The summed E-state index contributed by atoms with van der Waals surface area (Å²) in [5.41, 5.74) is 13.3. The Hall–Kier alpha value is -5.23. The lowest BCUT2D eigenvalue weighted by molar-refractivity contribution is -0.134. The lowest BCUT2D eigenvalue weighted by atomic mass is 9.99. The first-order chi connectivity index (χ1) is 22.4. The van der Waals surface area contributed by atoms with Crippen LogP contribution in [0.5, 0.6) is 5.75 Å². The van der Waals surface area contributed by atoms with Crippen molar-refractivity contribution in [2.45, 2.75) is 63.7 Å². The van der Waals surface area contributed by atoms with Crippen LogP contribution in [-0.2, 0) is 43.2 Å². The maximum Gasteiger partial charge on any atom is 0.243 e. The minimum absolute atomic E-state index is 0.00318. The van der Waals surface area contributed by atoms with Crippen LogP contribution in [0.15, 0.2) is 84.9 Å². The summed E-state index contributed by atoms with van der Waals surface area (Å²) in [5.74, 6) is -3.09. The maximum absolute atomic E-state index is 13.9. The van der Waals surface area contributed by atoms with E-state index in [4.69, 9.17) is 11.5 Å². The average Bonchev–Trinajstić information content (AvgIpc) is 3.05. The lowest BCUT2D eigenvalue weighted by Crippen LogP contribution is -2.59. The van der Waals surface area contributed by atoms with E-state index in [1.807, 2.05) is 26.0 Å². The predicted molar refractivity (Wildman–Crippen MR) is 178 cm³/mol. The van der Waals surface area contributed by atoms with Crippen molar-refractivity contribution in [2.24, 2.45) is 17.4 Å². The molecule has 0 aliphatic heterocycles. The fourth-order valence-electron chi connectivity index (χ4n) is 4.98. The molecule has 9 N–H and O–H groups in total. The first kappa shape index (κ1) is 36.2. The molecule has 0 fully saturated rings. The lowest BCUT2D eigenvalue weighted by Gasteiger charge is -2.27. The van der Waals surface area contributed by atoms with Crippen LogP contribution in [0.3, 0.4) is 0 Å². The Morgan fingerprint density at radius 1 is 0.596 bits per heavy atom. The number of rotatable bonds is 17. The number of nitrogens with two attached hydrogens (primary N) is 2. The van der Waals surface area contributed by atoms with Gasteiger partial charge in [0.05, 0.1) is 6.54 Å². The van der Waals surface area contributed by atoms with E-state index in [0.717, 1.165) is 11.1 Å². The molecular formula is C35H44N6O6. The van der Waals surface area contributed by atoms with Gasteiger partial charge in [0.15, 0.2) is 0 Å². The van der Waals surface area contributed by atoms with Gasteiger partial charge in [-0.15, -0.1) is 0 Å². The summed E-state index contributed by atoms with van der Waals surface area (Å²) < 4.78 is 0. The number of carbonyl (C=O) groups excluding carboxylic acids is 5. The molecule has 0 bridgehead atoms. The zero-order valence-electron chi connectivity index (χ0n) is 26.6. The second kappa shape index (κ2) is 18.1. The number of amides is 5. The van der Waals surface area contributed by atoms with Crippen LogP contribution in [0.2, 0.25) is 0 Å². The summed E-state index contributed by atoms with van der Waals surface area (Å²) in [4.78, 5) is 65.6. The van der Waals surface area contributed by atoms with Gasteiger partial charge >= 0.3 is 0 Å². The highest BCUT2D eigenvalue weighted by atomic mass is 16.3. The molecular weight excluding hydrogens is 600 g/mol. The van der Waals surface area contributed by atoms with Crippen molar-refractivity contribution in [3.63, 3.8) is 0 Å². The summed E-state index contributed by atoms with van der Waals surface area (Å²) in [6.07, 6.45) is 0.533. The van der Waals surface area contributed by atoms with Gasteiger partial charge in [0.2, 0.25) is 29.5 Å². The molecule has 3 aromatic rings. The van der Waals surface area contributed by atoms with E-state index in [1.165, 1.54) is 12.1 Å². The fraction of sp³-hybridized carbons (Fsp3) is 0.343.